The van der Waals surface area contributed by atoms with Gasteiger partial charge < -0.3 is 10.6 Å². The summed E-state index contributed by atoms with van der Waals surface area (Å²) >= 11 is 0. The molecule has 144 valence electrons. The fourth-order valence-corrected chi connectivity index (χ4v) is 5.72. The third-order valence-electron chi connectivity index (χ3n) is 5.58. The average molecular weight is 380 g/mol. The van der Waals surface area contributed by atoms with E-state index in [0.717, 1.165) is 36.8 Å². The van der Waals surface area contributed by atoms with Gasteiger partial charge in [-0.1, -0.05) is 18.6 Å². The van der Waals surface area contributed by atoms with Gasteiger partial charge in [-0.15, -0.1) is 0 Å². The Morgan fingerprint density at radius 2 is 1.81 bits per heavy atom. The first-order valence-electron chi connectivity index (χ1n) is 9.41. The van der Waals surface area contributed by atoms with E-state index in [0.29, 0.717) is 31.1 Å². The van der Waals surface area contributed by atoms with Gasteiger partial charge in [0.25, 0.3) is 0 Å². The lowest BCUT2D eigenvalue weighted by atomic mass is 9.85. The summed E-state index contributed by atoms with van der Waals surface area (Å²) in [6, 6.07) is 5.60. The lowest BCUT2D eigenvalue weighted by Crippen LogP contribution is -2.52. The summed E-state index contributed by atoms with van der Waals surface area (Å²) in [5, 5.41) is 0. The lowest BCUT2D eigenvalue weighted by molar-refractivity contribution is -0.137. The zero-order valence-corrected chi connectivity index (χ0v) is 16.5. The molecule has 2 atom stereocenters. The second-order valence-corrected chi connectivity index (χ2v) is 9.53. The van der Waals surface area contributed by atoms with E-state index in [1.807, 2.05) is 30.9 Å². The lowest BCUT2D eigenvalue weighted by Gasteiger charge is -2.37. The van der Waals surface area contributed by atoms with Crippen molar-refractivity contribution in [2.24, 2.45) is 11.7 Å². The van der Waals surface area contributed by atoms with Crippen molar-refractivity contribution in [3.8, 4) is 0 Å². The number of rotatable bonds is 3. The SMILES string of the molecule is Cc1ccc(C)c(S(=O)(=O)N2CCN(C(=O)C3CCCC(N)C3)CC2)c1. The monoisotopic (exact) mass is 379 g/mol. The van der Waals surface area contributed by atoms with Gasteiger partial charge in [0.1, 0.15) is 0 Å². The number of hydrogen-bond acceptors (Lipinski definition) is 4. The maximum absolute atomic E-state index is 13.0. The summed E-state index contributed by atoms with van der Waals surface area (Å²) < 4.78 is 27.5. The first-order chi connectivity index (χ1) is 12.3. The average Bonchev–Trinajstić information content (AvgIpc) is 2.63. The van der Waals surface area contributed by atoms with E-state index in [4.69, 9.17) is 5.73 Å². The van der Waals surface area contributed by atoms with Crippen molar-refractivity contribution in [2.75, 3.05) is 26.2 Å². The van der Waals surface area contributed by atoms with Gasteiger partial charge in [0.05, 0.1) is 4.90 Å². The number of sulfonamides is 1. The van der Waals surface area contributed by atoms with Gasteiger partial charge in [-0.2, -0.15) is 4.31 Å². The maximum atomic E-state index is 13.0. The maximum Gasteiger partial charge on any atom is 0.243 e. The molecule has 1 saturated carbocycles. The number of piperazine rings is 1. The minimum atomic E-state index is -3.52. The van der Waals surface area contributed by atoms with Crippen molar-refractivity contribution < 1.29 is 13.2 Å². The minimum absolute atomic E-state index is 0.000856. The van der Waals surface area contributed by atoms with Crippen LogP contribution in [0.2, 0.25) is 0 Å². The van der Waals surface area contributed by atoms with Crippen molar-refractivity contribution in [1.29, 1.82) is 0 Å². The summed E-state index contributed by atoms with van der Waals surface area (Å²) in [5.74, 6) is 0.143. The molecule has 6 nitrogen and oxygen atoms in total. The Kier molecular flexibility index (Phi) is 5.69. The highest BCUT2D eigenvalue weighted by molar-refractivity contribution is 7.89. The second kappa shape index (κ2) is 7.66. The number of nitrogens with zero attached hydrogens (tertiary/aromatic N) is 2. The molecule has 1 aromatic rings. The van der Waals surface area contributed by atoms with Crippen LogP contribution in [0.1, 0.15) is 36.8 Å². The van der Waals surface area contributed by atoms with Crippen molar-refractivity contribution >= 4 is 15.9 Å². The first kappa shape index (κ1) is 19.3. The Labute approximate surface area is 156 Å². The Hall–Kier alpha value is -1.44. The first-order valence-corrected chi connectivity index (χ1v) is 10.8. The van der Waals surface area contributed by atoms with Crippen molar-refractivity contribution in [3.63, 3.8) is 0 Å². The van der Waals surface area contributed by atoms with E-state index < -0.39 is 10.0 Å². The van der Waals surface area contributed by atoms with Crippen molar-refractivity contribution in [2.45, 2.75) is 50.5 Å². The topological polar surface area (TPSA) is 83.7 Å². The molecular formula is C19H29N3O3S. The highest BCUT2D eigenvalue weighted by atomic mass is 32.2. The van der Waals surface area contributed by atoms with Gasteiger partial charge in [0, 0.05) is 38.1 Å². The summed E-state index contributed by atoms with van der Waals surface area (Å²) in [5.41, 5.74) is 7.69. The quantitative estimate of drug-likeness (QED) is 0.866. The molecule has 26 heavy (non-hydrogen) atoms. The number of aryl methyl sites for hydroxylation is 2. The van der Waals surface area contributed by atoms with Crippen LogP contribution in [0.4, 0.5) is 0 Å². The molecular weight excluding hydrogens is 350 g/mol. The number of nitrogens with two attached hydrogens (primary N) is 1. The highest BCUT2D eigenvalue weighted by Gasteiger charge is 2.34. The minimum Gasteiger partial charge on any atom is -0.340 e. The molecule has 2 unspecified atom stereocenters. The van der Waals surface area contributed by atoms with Crippen LogP contribution in [0.5, 0.6) is 0 Å². The molecule has 1 aromatic carbocycles. The third-order valence-corrected chi connectivity index (χ3v) is 7.62. The molecule has 0 bridgehead atoms. The molecule has 0 radical (unpaired) electrons. The van der Waals surface area contributed by atoms with Gasteiger partial charge in [0.2, 0.25) is 15.9 Å². The smallest absolute Gasteiger partial charge is 0.243 e. The Morgan fingerprint density at radius 1 is 1.12 bits per heavy atom. The molecule has 3 rings (SSSR count). The van der Waals surface area contributed by atoms with Crippen LogP contribution >= 0.6 is 0 Å². The Bertz CT molecular complexity index is 770. The molecule has 7 heteroatoms. The zero-order chi connectivity index (χ0) is 18.9. The van der Waals surface area contributed by atoms with Crippen LogP contribution < -0.4 is 5.73 Å². The molecule has 0 aromatic heterocycles. The van der Waals surface area contributed by atoms with E-state index in [1.165, 1.54) is 4.31 Å². The Balaban J connectivity index is 1.66. The Morgan fingerprint density at radius 3 is 2.46 bits per heavy atom. The van der Waals surface area contributed by atoms with E-state index in [9.17, 15) is 13.2 Å². The predicted octanol–water partition coefficient (Wildman–Crippen LogP) is 1.65. The zero-order valence-electron chi connectivity index (χ0n) is 15.6. The van der Waals surface area contributed by atoms with Crippen LogP contribution in [0, 0.1) is 19.8 Å². The second-order valence-electron chi connectivity index (χ2n) is 7.62. The molecule has 0 spiro atoms. The van der Waals surface area contributed by atoms with Crippen LogP contribution in [0.25, 0.3) is 0 Å². The number of hydrogen-bond donors (Lipinski definition) is 1. The van der Waals surface area contributed by atoms with Gasteiger partial charge >= 0.3 is 0 Å². The molecule has 2 aliphatic rings. The van der Waals surface area contributed by atoms with Gasteiger partial charge in [-0.05, 0) is 50.3 Å². The molecule has 1 saturated heterocycles. The van der Waals surface area contributed by atoms with E-state index in [-0.39, 0.29) is 17.9 Å². The molecule has 1 amide bonds. The third kappa shape index (κ3) is 3.94. The fourth-order valence-electron chi connectivity index (χ4n) is 3.98. The van der Waals surface area contributed by atoms with E-state index >= 15 is 0 Å². The van der Waals surface area contributed by atoms with Gasteiger partial charge in [-0.3, -0.25) is 4.79 Å². The standard InChI is InChI=1S/C19H29N3O3S/c1-14-6-7-15(2)18(12-14)26(24,25)22-10-8-21(9-11-22)19(23)16-4-3-5-17(20)13-16/h6-7,12,16-17H,3-5,8-11,13,20H2,1-2H3. The normalized spacial score (nSPS) is 25.3. The number of benzene rings is 1. The number of amides is 1. The van der Waals surface area contributed by atoms with E-state index in [1.54, 1.807) is 6.07 Å². The summed E-state index contributed by atoms with van der Waals surface area (Å²) in [6.45, 7) is 5.31. The van der Waals surface area contributed by atoms with Crippen molar-refractivity contribution in [3.05, 3.63) is 29.3 Å². The summed E-state index contributed by atoms with van der Waals surface area (Å²) in [6.07, 6.45) is 3.64. The van der Waals surface area contributed by atoms with Crippen LogP contribution in [-0.4, -0.2) is 55.8 Å². The fraction of sp³-hybridized carbons (Fsp3) is 0.632. The molecule has 1 aliphatic carbocycles. The van der Waals surface area contributed by atoms with E-state index in [2.05, 4.69) is 0 Å². The van der Waals surface area contributed by atoms with Gasteiger partial charge in [-0.25, -0.2) is 8.42 Å². The van der Waals surface area contributed by atoms with Crippen molar-refractivity contribution in [1.82, 2.24) is 9.21 Å². The predicted molar refractivity (Wildman–Crippen MR) is 101 cm³/mol. The molecule has 1 aliphatic heterocycles. The van der Waals surface area contributed by atoms with Crippen LogP contribution in [0.3, 0.4) is 0 Å². The summed E-state index contributed by atoms with van der Waals surface area (Å²) in [4.78, 5) is 14.9. The molecule has 2 N–H and O–H groups in total. The highest BCUT2D eigenvalue weighted by Crippen LogP contribution is 2.27. The molecule has 2 fully saturated rings. The van der Waals surface area contributed by atoms with Crippen LogP contribution in [0.15, 0.2) is 23.1 Å². The largest absolute Gasteiger partial charge is 0.340 e. The van der Waals surface area contributed by atoms with Gasteiger partial charge in [0.15, 0.2) is 0 Å². The summed E-state index contributed by atoms with van der Waals surface area (Å²) in [7, 11) is -3.52. The molecule has 1 heterocycles. The van der Waals surface area contributed by atoms with Crippen LogP contribution in [-0.2, 0) is 14.8 Å². The number of carbonyl (C=O) groups excluding carboxylic acids is 1. The number of carbonyl (C=O) groups is 1.